The summed E-state index contributed by atoms with van der Waals surface area (Å²) in [4.78, 5) is 35.5. The molecule has 0 aromatic carbocycles. The van der Waals surface area contributed by atoms with Crippen LogP contribution in [0.4, 0.5) is 0 Å². The molecule has 144 valence electrons. The van der Waals surface area contributed by atoms with Crippen LogP contribution in [0.15, 0.2) is 0 Å². The summed E-state index contributed by atoms with van der Waals surface area (Å²) in [7, 11) is 0. The summed E-state index contributed by atoms with van der Waals surface area (Å²) in [5.41, 5.74) is 0. The highest BCUT2D eigenvalue weighted by atomic mass is 17.0. The molecule has 5 N–H and O–H groups in total. The van der Waals surface area contributed by atoms with Gasteiger partial charge in [0.15, 0.2) is 0 Å². The van der Waals surface area contributed by atoms with Crippen molar-refractivity contribution in [2.24, 2.45) is 0 Å². The van der Waals surface area contributed by atoms with E-state index in [1.165, 1.54) is 0 Å². The first-order chi connectivity index (χ1) is 11.3. The van der Waals surface area contributed by atoms with Crippen molar-refractivity contribution in [3.05, 3.63) is 30.3 Å². The van der Waals surface area contributed by atoms with Crippen LogP contribution in [0.5, 0.6) is 0 Å². The Balaban J connectivity index is -0.000000335. The van der Waals surface area contributed by atoms with Gasteiger partial charge in [0.25, 0.3) is 15.3 Å². The second-order valence-electron chi connectivity index (χ2n) is 3.30. The lowest BCUT2D eigenvalue weighted by molar-refractivity contribution is -0.758. The van der Waals surface area contributed by atoms with E-state index in [-0.39, 0.29) is 39.5 Å². The molecule has 16 heteroatoms. The standard InChI is InChI=1S/C4H9N3O6.C4H11NO2.HNO3/c8-6(9)12-3-1-5-2-4-13-7(10)11;6-3-1-5-2-4-7;2-1(3)4/h5H,1-4H2;5-7H,1-4H2;(H,2,3,4). The number of hydrogen-bond donors (Lipinski definition) is 5. The fraction of sp³-hybridized carbons (Fsp3) is 1.00. The van der Waals surface area contributed by atoms with E-state index < -0.39 is 15.3 Å². The molecule has 0 saturated carbocycles. The van der Waals surface area contributed by atoms with Gasteiger partial charge in [-0.05, 0) is 0 Å². The quantitative estimate of drug-likeness (QED) is 0.134. The average Bonchev–Trinajstić information content (AvgIpc) is 2.46. The van der Waals surface area contributed by atoms with Crippen LogP contribution in [0.1, 0.15) is 0 Å². The topological polar surface area (TPSA) is 233 Å². The molecule has 0 saturated heterocycles. The third-order valence-corrected chi connectivity index (χ3v) is 1.53. The minimum atomic E-state index is -1.50. The van der Waals surface area contributed by atoms with Crippen molar-refractivity contribution in [2.45, 2.75) is 0 Å². The van der Waals surface area contributed by atoms with E-state index in [4.69, 9.17) is 25.5 Å². The van der Waals surface area contributed by atoms with Crippen molar-refractivity contribution in [2.75, 3.05) is 52.6 Å². The maximum atomic E-state index is 9.62. The Labute approximate surface area is 135 Å². The molecule has 0 fully saturated rings. The first kappa shape index (κ1) is 26.3. The number of nitrogens with zero attached hydrogens (tertiary/aromatic N) is 3. The second-order valence-corrected chi connectivity index (χ2v) is 3.30. The van der Waals surface area contributed by atoms with Crippen LogP contribution in [-0.2, 0) is 9.68 Å². The van der Waals surface area contributed by atoms with Crippen LogP contribution in [0.25, 0.3) is 0 Å². The number of aliphatic hydroxyl groups excluding tert-OH is 2. The minimum absolute atomic E-state index is 0.0918. The normalized spacial score (nSPS) is 8.75. The van der Waals surface area contributed by atoms with Crippen LogP contribution in [0.3, 0.4) is 0 Å². The van der Waals surface area contributed by atoms with Gasteiger partial charge < -0.3 is 35.7 Å². The smallest absolute Gasteiger partial charge is 0.294 e. The molecule has 0 radical (unpaired) electrons. The third kappa shape index (κ3) is 50.5. The Morgan fingerprint density at radius 1 is 0.750 bits per heavy atom. The zero-order chi connectivity index (χ0) is 19.2. The van der Waals surface area contributed by atoms with E-state index in [0.29, 0.717) is 13.1 Å². The van der Waals surface area contributed by atoms with Gasteiger partial charge in [0.1, 0.15) is 13.2 Å². The predicted octanol–water partition coefficient (Wildman–Crippen LogP) is -2.79. The van der Waals surface area contributed by atoms with Crippen molar-refractivity contribution in [1.29, 1.82) is 0 Å². The molecule has 0 aromatic heterocycles. The Morgan fingerprint density at radius 2 is 1.04 bits per heavy atom. The van der Waals surface area contributed by atoms with E-state index in [1.807, 2.05) is 0 Å². The monoisotopic (exact) mass is 363 g/mol. The molecule has 0 unspecified atom stereocenters. The number of rotatable bonds is 12. The van der Waals surface area contributed by atoms with Crippen LogP contribution in [0, 0.1) is 30.3 Å². The van der Waals surface area contributed by atoms with Crippen molar-refractivity contribution >= 4 is 0 Å². The lowest BCUT2D eigenvalue weighted by atomic mass is 10.6. The summed E-state index contributed by atoms with van der Waals surface area (Å²) in [6, 6.07) is 0. The molecule has 0 aliphatic carbocycles. The SMILES string of the molecule is O=[N+]([O-])O.O=[N+]([O-])OCCNCCO[N+](=O)[O-].OCCNCCO. The molecule has 0 aliphatic heterocycles. The van der Waals surface area contributed by atoms with Gasteiger partial charge in [0.05, 0.1) is 13.2 Å². The largest absolute Gasteiger partial charge is 0.395 e. The Hall–Kier alpha value is -2.56. The van der Waals surface area contributed by atoms with Crippen molar-refractivity contribution in [3.8, 4) is 0 Å². The molecule has 24 heavy (non-hydrogen) atoms. The number of nitrogens with one attached hydrogen (secondary N) is 2. The van der Waals surface area contributed by atoms with Crippen molar-refractivity contribution in [1.82, 2.24) is 10.6 Å². The van der Waals surface area contributed by atoms with Gasteiger partial charge in [-0.2, -0.15) is 0 Å². The average molecular weight is 363 g/mol. The van der Waals surface area contributed by atoms with Crippen LogP contribution in [0.2, 0.25) is 0 Å². The molecule has 0 rings (SSSR count). The van der Waals surface area contributed by atoms with Crippen molar-refractivity contribution in [3.63, 3.8) is 0 Å². The Kier molecular flexibility index (Phi) is 24.9. The molecule has 0 bridgehead atoms. The number of hydrogen-bond acceptors (Lipinski definition) is 12. The molecule has 0 spiro atoms. The van der Waals surface area contributed by atoms with E-state index >= 15 is 0 Å². The molecular formula is C8H21N5O11. The highest BCUT2D eigenvalue weighted by molar-refractivity contribution is 4.41. The van der Waals surface area contributed by atoms with Crippen LogP contribution >= 0.6 is 0 Å². The van der Waals surface area contributed by atoms with E-state index in [0.717, 1.165) is 0 Å². The maximum Gasteiger partial charge on any atom is 0.294 e. The van der Waals surface area contributed by atoms with E-state index in [2.05, 4.69) is 20.3 Å². The van der Waals surface area contributed by atoms with E-state index in [1.54, 1.807) is 0 Å². The highest BCUT2D eigenvalue weighted by Gasteiger charge is 1.95. The first-order valence-corrected chi connectivity index (χ1v) is 6.28. The molecule has 0 atom stereocenters. The lowest BCUT2D eigenvalue weighted by Crippen LogP contribution is -2.25. The zero-order valence-corrected chi connectivity index (χ0v) is 12.6. The van der Waals surface area contributed by atoms with Crippen LogP contribution in [-0.4, -0.2) is 83.3 Å². The van der Waals surface area contributed by atoms with Gasteiger partial charge in [-0.15, -0.1) is 30.3 Å². The molecule has 0 aliphatic rings. The van der Waals surface area contributed by atoms with Crippen molar-refractivity contribution < 1.29 is 40.4 Å². The molecule has 16 nitrogen and oxygen atoms in total. The maximum absolute atomic E-state index is 9.62. The second kappa shape index (κ2) is 22.7. The highest BCUT2D eigenvalue weighted by Crippen LogP contribution is 1.74. The molecule has 0 heterocycles. The summed E-state index contributed by atoms with van der Waals surface area (Å²) in [5, 5.41) is 52.8. The number of aliphatic hydroxyl groups is 2. The summed E-state index contributed by atoms with van der Waals surface area (Å²) in [6.07, 6.45) is 0. The summed E-state index contributed by atoms with van der Waals surface area (Å²) >= 11 is 0. The molecule has 0 amide bonds. The molecule has 0 aromatic rings. The fourth-order valence-electron chi connectivity index (χ4n) is 0.793. The zero-order valence-electron chi connectivity index (χ0n) is 12.6. The van der Waals surface area contributed by atoms with Gasteiger partial charge in [-0.25, -0.2) is 0 Å². The fourth-order valence-corrected chi connectivity index (χ4v) is 0.793. The van der Waals surface area contributed by atoms with E-state index in [9.17, 15) is 20.2 Å². The van der Waals surface area contributed by atoms with Gasteiger partial charge >= 0.3 is 0 Å². The van der Waals surface area contributed by atoms with Crippen LogP contribution < -0.4 is 10.6 Å². The summed E-state index contributed by atoms with van der Waals surface area (Å²) in [5.74, 6) is 0. The first-order valence-electron chi connectivity index (χ1n) is 6.28. The predicted molar refractivity (Wildman–Crippen MR) is 74.6 cm³/mol. The summed E-state index contributed by atoms with van der Waals surface area (Å²) < 4.78 is 0. The third-order valence-electron chi connectivity index (χ3n) is 1.53. The van der Waals surface area contributed by atoms with Gasteiger partial charge in [0.2, 0.25) is 0 Å². The van der Waals surface area contributed by atoms with Gasteiger partial charge in [-0.3, -0.25) is 0 Å². The van der Waals surface area contributed by atoms with Gasteiger partial charge in [0, 0.05) is 26.2 Å². The van der Waals surface area contributed by atoms with Gasteiger partial charge in [-0.1, -0.05) is 0 Å². The molecular weight excluding hydrogens is 342 g/mol. The Bertz CT molecular complexity index is 293. The minimum Gasteiger partial charge on any atom is -0.395 e. The lowest BCUT2D eigenvalue weighted by Gasteiger charge is -2.01. The Morgan fingerprint density at radius 3 is 1.29 bits per heavy atom. The summed E-state index contributed by atoms with van der Waals surface area (Å²) in [6.45, 7) is 1.71.